The first kappa shape index (κ1) is 13.2. The Balaban J connectivity index is 1.58. The van der Waals surface area contributed by atoms with Gasteiger partial charge in [-0.2, -0.15) is 0 Å². The van der Waals surface area contributed by atoms with E-state index in [9.17, 15) is 0 Å². The number of ether oxygens (including phenoxy) is 1. The average molecular weight is 273 g/mol. The SMILES string of the molecule is C[C@@H]1CCC[C@H](OCc2nnc(-c3ccccn3)o2)C1. The van der Waals surface area contributed by atoms with E-state index in [0.717, 1.165) is 18.8 Å². The number of rotatable bonds is 4. The van der Waals surface area contributed by atoms with Gasteiger partial charge in [-0.1, -0.05) is 25.8 Å². The van der Waals surface area contributed by atoms with Crippen LogP contribution >= 0.6 is 0 Å². The molecule has 2 aromatic rings. The molecule has 0 unspecified atom stereocenters. The first-order chi connectivity index (χ1) is 9.81. The van der Waals surface area contributed by atoms with E-state index in [0.29, 0.717) is 30.2 Å². The Kier molecular flexibility index (Phi) is 4.06. The van der Waals surface area contributed by atoms with Gasteiger partial charge in [-0.3, -0.25) is 4.98 Å². The fourth-order valence-electron chi connectivity index (χ4n) is 2.62. The molecule has 1 fully saturated rings. The third-order valence-electron chi connectivity index (χ3n) is 3.68. The number of aromatic nitrogens is 3. The van der Waals surface area contributed by atoms with Gasteiger partial charge >= 0.3 is 0 Å². The molecule has 0 N–H and O–H groups in total. The van der Waals surface area contributed by atoms with Gasteiger partial charge in [0.25, 0.3) is 5.89 Å². The maximum absolute atomic E-state index is 5.87. The summed E-state index contributed by atoms with van der Waals surface area (Å²) in [6.07, 6.45) is 6.84. The highest BCUT2D eigenvalue weighted by Crippen LogP contribution is 2.26. The van der Waals surface area contributed by atoms with Gasteiger partial charge in [0.2, 0.25) is 5.89 Å². The van der Waals surface area contributed by atoms with Gasteiger partial charge in [-0.25, -0.2) is 0 Å². The fourth-order valence-corrected chi connectivity index (χ4v) is 2.62. The largest absolute Gasteiger partial charge is 0.417 e. The molecule has 20 heavy (non-hydrogen) atoms. The van der Waals surface area contributed by atoms with E-state index in [2.05, 4.69) is 22.1 Å². The minimum absolute atomic E-state index is 0.323. The number of hydrogen-bond donors (Lipinski definition) is 0. The van der Waals surface area contributed by atoms with E-state index >= 15 is 0 Å². The molecule has 2 aromatic heterocycles. The van der Waals surface area contributed by atoms with Gasteiger partial charge < -0.3 is 9.15 Å². The molecule has 1 saturated carbocycles. The summed E-state index contributed by atoms with van der Waals surface area (Å²) in [6, 6.07) is 5.60. The molecule has 2 atom stereocenters. The second-order valence-electron chi connectivity index (χ2n) is 5.42. The quantitative estimate of drug-likeness (QED) is 0.855. The second-order valence-corrected chi connectivity index (χ2v) is 5.42. The molecule has 3 rings (SSSR count). The lowest BCUT2D eigenvalue weighted by molar-refractivity contribution is -0.00444. The van der Waals surface area contributed by atoms with Crippen molar-refractivity contribution < 1.29 is 9.15 Å². The van der Waals surface area contributed by atoms with Crippen molar-refractivity contribution in [1.82, 2.24) is 15.2 Å². The van der Waals surface area contributed by atoms with Crippen LogP contribution < -0.4 is 0 Å². The topological polar surface area (TPSA) is 61.0 Å². The Bertz CT molecular complexity index is 541. The molecule has 0 aromatic carbocycles. The molecule has 0 saturated heterocycles. The van der Waals surface area contributed by atoms with E-state index in [1.807, 2.05) is 18.2 Å². The predicted molar refractivity (Wildman–Crippen MR) is 73.7 cm³/mol. The highest BCUT2D eigenvalue weighted by molar-refractivity contribution is 5.44. The molecule has 1 aliphatic rings. The van der Waals surface area contributed by atoms with Crippen molar-refractivity contribution in [1.29, 1.82) is 0 Å². The first-order valence-electron chi connectivity index (χ1n) is 7.16. The molecule has 0 spiro atoms. The van der Waals surface area contributed by atoms with Crippen LogP contribution in [0.5, 0.6) is 0 Å². The molecule has 106 valence electrons. The summed E-state index contributed by atoms with van der Waals surface area (Å²) >= 11 is 0. The Morgan fingerprint density at radius 2 is 2.25 bits per heavy atom. The van der Waals surface area contributed by atoms with Crippen molar-refractivity contribution in [2.75, 3.05) is 0 Å². The summed E-state index contributed by atoms with van der Waals surface area (Å²) in [5.41, 5.74) is 0.692. The summed E-state index contributed by atoms with van der Waals surface area (Å²) in [5.74, 6) is 1.71. The monoisotopic (exact) mass is 273 g/mol. The average Bonchev–Trinajstić information content (AvgIpc) is 2.95. The van der Waals surface area contributed by atoms with Crippen molar-refractivity contribution in [2.24, 2.45) is 5.92 Å². The minimum atomic E-state index is 0.323. The van der Waals surface area contributed by atoms with Crippen LogP contribution in [0.25, 0.3) is 11.6 Å². The van der Waals surface area contributed by atoms with E-state index in [4.69, 9.17) is 9.15 Å². The fraction of sp³-hybridized carbons (Fsp3) is 0.533. The van der Waals surface area contributed by atoms with Crippen molar-refractivity contribution >= 4 is 0 Å². The Hall–Kier alpha value is -1.75. The van der Waals surface area contributed by atoms with Crippen LogP contribution in [-0.2, 0) is 11.3 Å². The predicted octanol–water partition coefficient (Wildman–Crippen LogP) is 3.23. The van der Waals surface area contributed by atoms with Gasteiger partial charge in [0.1, 0.15) is 12.3 Å². The molecule has 5 heteroatoms. The molecule has 5 nitrogen and oxygen atoms in total. The standard InChI is InChI=1S/C15H19N3O2/c1-11-5-4-6-12(9-11)19-10-14-17-18-15(20-14)13-7-2-3-8-16-13/h2-3,7-8,11-12H,4-6,9-10H2,1H3/t11-,12+/m1/s1. The van der Waals surface area contributed by atoms with Crippen LogP contribution in [0.2, 0.25) is 0 Å². The van der Waals surface area contributed by atoms with Crippen LogP contribution in [0, 0.1) is 5.92 Å². The summed E-state index contributed by atoms with van der Waals surface area (Å²) in [7, 11) is 0. The maximum Gasteiger partial charge on any atom is 0.266 e. The number of pyridine rings is 1. The number of hydrogen-bond acceptors (Lipinski definition) is 5. The van der Waals surface area contributed by atoms with Crippen LogP contribution in [0.1, 0.15) is 38.5 Å². The van der Waals surface area contributed by atoms with Crippen LogP contribution in [0.3, 0.4) is 0 Å². The first-order valence-corrected chi connectivity index (χ1v) is 7.16. The van der Waals surface area contributed by atoms with Gasteiger partial charge in [-0.05, 0) is 30.9 Å². The third-order valence-corrected chi connectivity index (χ3v) is 3.68. The highest BCUT2D eigenvalue weighted by Gasteiger charge is 2.20. The minimum Gasteiger partial charge on any atom is -0.417 e. The Labute approximate surface area is 118 Å². The maximum atomic E-state index is 5.87. The smallest absolute Gasteiger partial charge is 0.266 e. The lowest BCUT2D eigenvalue weighted by atomic mass is 9.89. The lowest BCUT2D eigenvalue weighted by Gasteiger charge is -2.26. The van der Waals surface area contributed by atoms with E-state index in [1.165, 1.54) is 12.8 Å². The molecular formula is C15H19N3O2. The Morgan fingerprint density at radius 3 is 3.05 bits per heavy atom. The van der Waals surface area contributed by atoms with Crippen molar-refractivity contribution in [3.05, 3.63) is 30.3 Å². The summed E-state index contributed by atoms with van der Waals surface area (Å²) in [4.78, 5) is 4.19. The van der Waals surface area contributed by atoms with Crippen molar-refractivity contribution in [3.63, 3.8) is 0 Å². The second kappa shape index (κ2) is 6.13. The van der Waals surface area contributed by atoms with Gasteiger partial charge in [-0.15, -0.1) is 10.2 Å². The summed E-state index contributed by atoms with van der Waals surface area (Å²) < 4.78 is 11.4. The molecule has 0 amide bonds. The molecule has 0 bridgehead atoms. The zero-order valence-electron chi connectivity index (χ0n) is 11.7. The highest BCUT2D eigenvalue weighted by atomic mass is 16.5. The van der Waals surface area contributed by atoms with E-state index in [-0.39, 0.29) is 0 Å². The molecular weight excluding hydrogens is 254 g/mol. The number of nitrogens with zero attached hydrogens (tertiary/aromatic N) is 3. The lowest BCUT2D eigenvalue weighted by Crippen LogP contribution is -2.21. The summed E-state index contributed by atoms with van der Waals surface area (Å²) in [6.45, 7) is 2.67. The van der Waals surface area contributed by atoms with Crippen LogP contribution in [-0.4, -0.2) is 21.3 Å². The normalized spacial score (nSPS) is 22.9. The van der Waals surface area contributed by atoms with Crippen molar-refractivity contribution in [2.45, 2.75) is 45.3 Å². The van der Waals surface area contributed by atoms with Gasteiger partial charge in [0.15, 0.2) is 0 Å². The van der Waals surface area contributed by atoms with Crippen LogP contribution in [0.4, 0.5) is 0 Å². The zero-order chi connectivity index (χ0) is 13.8. The molecule has 2 heterocycles. The van der Waals surface area contributed by atoms with Crippen LogP contribution in [0.15, 0.2) is 28.8 Å². The molecule has 1 aliphatic carbocycles. The summed E-state index contributed by atoms with van der Waals surface area (Å²) in [5, 5.41) is 8.02. The Morgan fingerprint density at radius 1 is 1.30 bits per heavy atom. The molecule has 0 aliphatic heterocycles. The van der Waals surface area contributed by atoms with E-state index < -0.39 is 0 Å². The third kappa shape index (κ3) is 3.22. The zero-order valence-corrected chi connectivity index (χ0v) is 11.7. The van der Waals surface area contributed by atoms with Gasteiger partial charge in [0.05, 0.1) is 6.10 Å². The molecule has 0 radical (unpaired) electrons. The van der Waals surface area contributed by atoms with E-state index in [1.54, 1.807) is 6.20 Å². The van der Waals surface area contributed by atoms with Crippen molar-refractivity contribution in [3.8, 4) is 11.6 Å². The van der Waals surface area contributed by atoms with Gasteiger partial charge in [0, 0.05) is 6.20 Å².